The average molecular weight is 254 g/mol. The highest BCUT2D eigenvalue weighted by Gasteiger charge is 2.32. The Kier molecular flexibility index (Phi) is 3.00. The second-order valence-corrected chi connectivity index (χ2v) is 4.28. The van der Waals surface area contributed by atoms with Crippen LogP contribution in [0.4, 0.5) is 24.5 Å². The fraction of sp³-hybridized carbons (Fsp3) is 0.364. The summed E-state index contributed by atoms with van der Waals surface area (Å²) in [4.78, 5) is 11.5. The Hall–Kier alpha value is -1.66. The first kappa shape index (κ1) is 12.8. The molecule has 2 rings (SSSR count). The highest BCUT2D eigenvalue weighted by molar-refractivity contribution is 6.37. The number of hydrogen-bond acceptors (Lipinski definition) is 2. The number of carbonyl (C=O) groups is 1. The molecule has 1 aliphatic heterocycles. The second kappa shape index (κ2) is 4.22. The van der Waals surface area contributed by atoms with E-state index in [0.717, 1.165) is 12.1 Å². The summed E-state index contributed by atoms with van der Waals surface area (Å²) in [5.74, 6) is -0.340. The van der Waals surface area contributed by atoms with Crippen LogP contribution in [0.5, 0.6) is 0 Å². The third-order valence-electron chi connectivity index (χ3n) is 2.65. The van der Waals surface area contributed by atoms with Crippen LogP contribution >= 0.6 is 0 Å². The van der Waals surface area contributed by atoms with E-state index in [1.165, 1.54) is 0 Å². The van der Waals surface area contributed by atoms with Crippen LogP contribution in [-0.4, -0.2) is 19.8 Å². The molecule has 0 aliphatic carbocycles. The molecular formula is C11H10BF3N2O. The molecule has 0 fully saturated rings. The van der Waals surface area contributed by atoms with Crippen LogP contribution in [0.1, 0.15) is 18.9 Å². The van der Waals surface area contributed by atoms with Crippen LogP contribution in [0, 0.1) is 0 Å². The molecule has 0 bridgehead atoms. The first-order chi connectivity index (χ1) is 8.27. The summed E-state index contributed by atoms with van der Waals surface area (Å²) >= 11 is 0. The van der Waals surface area contributed by atoms with Crippen molar-refractivity contribution in [1.82, 2.24) is 0 Å². The van der Waals surface area contributed by atoms with E-state index >= 15 is 0 Å². The number of anilines is 2. The predicted molar refractivity (Wildman–Crippen MR) is 63.2 cm³/mol. The van der Waals surface area contributed by atoms with E-state index in [1.54, 1.807) is 6.92 Å². The first-order valence-corrected chi connectivity index (χ1v) is 5.34. The second-order valence-electron chi connectivity index (χ2n) is 4.28. The number of rotatable bonds is 0. The molecule has 0 saturated carbocycles. The summed E-state index contributed by atoms with van der Waals surface area (Å²) in [5, 5.41) is 5.35. The van der Waals surface area contributed by atoms with Crippen molar-refractivity contribution in [3.8, 4) is 0 Å². The summed E-state index contributed by atoms with van der Waals surface area (Å²) < 4.78 is 37.9. The molecule has 0 spiro atoms. The lowest BCUT2D eigenvalue weighted by Crippen LogP contribution is -2.21. The van der Waals surface area contributed by atoms with Crippen LogP contribution in [0.2, 0.25) is 0 Å². The molecule has 2 radical (unpaired) electrons. The fourth-order valence-corrected chi connectivity index (χ4v) is 1.86. The van der Waals surface area contributed by atoms with E-state index in [0.29, 0.717) is 5.69 Å². The van der Waals surface area contributed by atoms with Gasteiger partial charge in [-0.05, 0) is 13.0 Å². The van der Waals surface area contributed by atoms with E-state index in [4.69, 9.17) is 7.85 Å². The van der Waals surface area contributed by atoms with Crippen molar-refractivity contribution in [3.63, 3.8) is 0 Å². The lowest BCUT2D eigenvalue weighted by molar-refractivity contribution is -0.137. The van der Waals surface area contributed by atoms with E-state index < -0.39 is 11.7 Å². The number of hydrogen-bond donors (Lipinski definition) is 2. The molecule has 1 amide bonds. The smallest absolute Gasteiger partial charge is 0.381 e. The van der Waals surface area contributed by atoms with Crippen molar-refractivity contribution in [3.05, 3.63) is 17.7 Å². The van der Waals surface area contributed by atoms with Gasteiger partial charge in [0.1, 0.15) is 7.85 Å². The number of alkyl halides is 3. The van der Waals surface area contributed by atoms with Crippen molar-refractivity contribution in [2.24, 2.45) is 0 Å². The maximum absolute atomic E-state index is 12.6. The Morgan fingerprint density at radius 3 is 2.67 bits per heavy atom. The predicted octanol–water partition coefficient (Wildman–Crippen LogP) is 1.64. The van der Waals surface area contributed by atoms with Gasteiger partial charge in [-0.25, -0.2) is 0 Å². The number of amides is 1. The van der Waals surface area contributed by atoms with Crippen molar-refractivity contribution in [1.29, 1.82) is 0 Å². The zero-order valence-corrected chi connectivity index (χ0v) is 9.56. The Balaban J connectivity index is 2.53. The highest BCUT2D eigenvalue weighted by atomic mass is 19.4. The maximum Gasteiger partial charge on any atom is 0.416 e. The van der Waals surface area contributed by atoms with Crippen LogP contribution < -0.4 is 16.1 Å². The van der Waals surface area contributed by atoms with Crippen molar-refractivity contribution < 1.29 is 18.0 Å². The van der Waals surface area contributed by atoms with Gasteiger partial charge in [0, 0.05) is 12.5 Å². The summed E-state index contributed by atoms with van der Waals surface area (Å²) in [5.41, 5.74) is -0.512. The molecule has 94 valence electrons. The van der Waals surface area contributed by atoms with Gasteiger partial charge >= 0.3 is 6.18 Å². The fourth-order valence-electron chi connectivity index (χ4n) is 1.86. The van der Waals surface area contributed by atoms with Crippen LogP contribution in [-0.2, 0) is 11.0 Å². The molecule has 1 heterocycles. The van der Waals surface area contributed by atoms with E-state index in [9.17, 15) is 18.0 Å². The number of carbonyl (C=O) groups excluding carboxylic acids is 1. The van der Waals surface area contributed by atoms with Gasteiger partial charge in [-0.2, -0.15) is 13.2 Å². The normalized spacial score (nSPS) is 19.6. The number of benzene rings is 1. The standard InChI is InChI=1S/C11H10BF3N2O/c1-5-2-9(18)17-8-4-6(11(13,14)15)3-7(12)10(8)16-5/h3-5,16H,2H2,1H3,(H,17,18)/t5-/m1/s1. The molecule has 0 saturated heterocycles. The minimum absolute atomic E-state index is 0.0334. The molecule has 0 unspecified atom stereocenters. The average Bonchev–Trinajstić information content (AvgIpc) is 2.34. The van der Waals surface area contributed by atoms with Crippen molar-refractivity contribution >= 4 is 30.6 Å². The van der Waals surface area contributed by atoms with Gasteiger partial charge in [-0.3, -0.25) is 4.79 Å². The van der Waals surface area contributed by atoms with Gasteiger partial charge in [0.25, 0.3) is 0 Å². The number of fused-ring (bicyclic) bond motifs is 1. The minimum Gasteiger partial charge on any atom is -0.381 e. The highest BCUT2D eigenvalue weighted by Crippen LogP contribution is 2.34. The minimum atomic E-state index is -4.49. The van der Waals surface area contributed by atoms with Crippen LogP contribution in [0.25, 0.3) is 0 Å². The van der Waals surface area contributed by atoms with Gasteiger partial charge < -0.3 is 10.6 Å². The quantitative estimate of drug-likeness (QED) is 0.691. The van der Waals surface area contributed by atoms with E-state index in [2.05, 4.69) is 10.6 Å². The van der Waals surface area contributed by atoms with Crippen LogP contribution in [0.15, 0.2) is 12.1 Å². The zero-order valence-electron chi connectivity index (χ0n) is 9.56. The summed E-state index contributed by atoms with van der Waals surface area (Å²) in [6.07, 6.45) is -4.32. The molecule has 1 aliphatic rings. The number of nitrogens with one attached hydrogen (secondary N) is 2. The van der Waals surface area contributed by atoms with E-state index in [-0.39, 0.29) is 29.5 Å². The van der Waals surface area contributed by atoms with Gasteiger partial charge in [0.2, 0.25) is 5.91 Å². The topological polar surface area (TPSA) is 41.1 Å². The summed E-state index contributed by atoms with van der Waals surface area (Å²) in [6, 6.07) is 1.55. The SMILES string of the molecule is [B]c1cc(C(F)(F)F)cc2c1N[C@H](C)CC(=O)N2. The third kappa shape index (κ3) is 2.44. The monoisotopic (exact) mass is 254 g/mol. The van der Waals surface area contributed by atoms with E-state index in [1.807, 2.05) is 0 Å². The molecule has 7 heteroatoms. The molecule has 1 atom stereocenters. The summed E-state index contributed by atoms with van der Waals surface area (Å²) in [7, 11) is 5.60. The molecule has 2 N–H and O–H groups in total. The largest absolute Gasteiger partial charge is 0.416 e. The lowest BCUT2D eigenvalue weighted by Gasteiger charge is -2.17. The Morgan fingerprint density at radius 1 is 1.39 bits per heavy atom. The molecular weight excluding hydrogens is 244 g/mol. The van der Waals surface area contributed by atoms with Crippen LogP contribution in [0.3, 0.4) is 0 Å². The van der Waals surface area contributed by atoms with Gasteiger partial charge in [-0.15, -0.1) is 0 Å². The maximum atomic E-state index is 12.6. The molecule has 3 nitrogen and oxygen atoms in total. The number of halogens is 3. The van der Waals surface area contributed by atoms with Crippen molar-refractivity contribution in [2.75, 3.05) is 10.6 Å². The Morgan fingerprint density at radius 2 is 2.06 bits per heavy atom. The first-order valence-electron chi connectivity index (χ1n) is 5.34. The Bertz CT molecular complexity index is 502. The van der Waals surface area contributed by atoms with Gasteiger partial charge in [0.15, 0.2) is 0 Å². The zero-order chi connectivity index (χ0) is 13.5. The van der Waals surface area contributed by atoms with Gasteiger partial charge in [0.05, 0.1) is 16.9 Å². The van der Waals surface area contributed by atoms with Gasteiger partial charge in [-0.1, -0.05) is 11.5 Å². The summed E-state index contributed by atoms with van der Waals surface area (Å²) in [6.45, 7) is 1.76. The third-order valence-corrected chi connectivity index (χ3v) is 2.65. The molecule has 1 aromatic rings. The Labute approximate surface area is 103 Å². The molecule has 0 aromatic heterocycles. The lowest BCUT2D eigenvalue weighted by atomic mass is 9.90. The molecule has 18 heavy (non-hydrogen) atoms. The molecule has 1 aromatic carbocycles. The van der Waals surface area contributed by atoms with Crippen molar-refractivity contribution in [2.45, 2.75) is 25.6 Å².